The first-order valence-corrected chi connectivity index (χ1v) is 9.54. The standard InChI is InChI=1S/C19H23NO3S2/c1-13-5-7-14(8-6-13)12-25-15(11-16(21)22)19(9-4-10-20-19)17(23)18(2,3)24/h4-10,15,24H,11-12H2,1-3H3,(H,21,22). The second-order valence-electron chi connectivity index (χ2n) is 6.73. The summed E-state index contributed by atoms with van der Waals surface area (Å²) in [6, 6.07) is 8.08. The first-order chi connectivity index (χ1) is 11.6. The summed E-state index contributed by atoms with van der Waals surface area (Å²) >= 11 is 5.85. The minimum atomic E-state index is -1.18. The largest absolute Gasteiger partial charge is 0.481 e. The Hall–Kier alpha value is -1.53. The van der Waals surface area contributed by atoms with Crippen molar-refractivity contribution < 1.29 is 14.7 Å². The average molecular weight is 378 g/mol. The molecule has 4 nitrogen and oxygen atoms in total. The molecule has 1 aliphatic heterocycles. The molecule has 0 saturated carbocycles. The number of hydrogen-bond donors (Lipinski definition) is 2. The Morgan fingerprint density at radius 2 is 1.96 bits per heavy atom. The van der Waals surface area contributed by atoms with Gasteiger partial charge in [0.2, 0.25) is 0 Å². The van der Waals surface area contributed by atoms with Crippen LogP contribution < -0.4 is 0 Å². The maximum absolute atomic E-state index is 13.0. The Balaban J connectivity index is 2.29. The van der Waals surface area contributed by atoms with Gasteiger partial charge in [0.05, 0.1) is 16.4 Å². The van der Waals surface area contributed by atoms with Gasteiger partial charge in [0, 0.05) is 12.0 Å². The van der Waals surface area contributed by atoms with Crippen molar-refractivity contribution in [2.75, 3.05) is 0 Å². The Kier molecular flexibility index (Phi) is 6.16. The number of carboxylic acid groups (broad SMARTS) is 1. The van der Waals surface area contributed by atoms with E-state index in [4.69, 9.17) is 0 Å². The Bertz CT molecular complexity index is 690. The van der Waals surface area contributed by atoms with Gasteiger partial charge in [-0.1, -0.05) is 29.8 Å². The fourth-order valence-corrected chi connectivity index (χ4v) is 4.27. The molecule has 0 aromatic heterocycles. The topological polar surface area (TPSA) is 66.7 Å². The number of thioether (sulfide) groups is 1. The van der Waals surface area contributed by atoms with Crippen LogP contribution in [0.5, 0.6) is 0 Å². The summed E-state index contributed by atoms with van der Waals surface area (Å²) in [5.41, 5.74) is 1.08. The van der Waals surface area contributed by atoms with Crippen LogP contribution in [0.15, 0.2) is 41.4 Å². The van der Waals surface area contributed by atoms with Gasteiger partial charge in [0.25, 0.3) is 0 Å². The Morgan fingerprint density at radius 1 is 1.32 bits per heavy atom. The van der Waals surface area contributed by atoms with Crippen LogP contribution in [0.25, 0.3) is 0 Å². The highest BCUT2D eigenvalue weighted by atomic mass is 32.2. The number of Topliss-reactive ketones (excluding diaryl/α,β-unsaturated/α-hetero) is 1. The number of carboxylic acids is 1. The van der Waals surface area contributed by atoms with Gasteiger partial charge in [-0.15, -0.1) is 11.8 Å². The highest BCUT2D eigenvalue weighted by Crippen LogP contribution is 2.39. The zero-order chi connectivity index (χ0) is 18.7. The summed E-state index contributed by atoms with van der Waals surface area (Å²) < 4.78 is -0.910. The van der Waals surface area contributed by atoms with Crippen molar-refractivity contribution >= 4 is 42.4 Å². The van der Waals surface area contributed by atoms with E-state index in [0.29, 0.717) is 5.75 Å². The lowest BCUT2D eigenvalue weighted by atomic mass is 9.83. The number of ketones is 1. The average Bonchev–Trinajstić information content (AvgIpc) is 3.01. The molecule has 134 valence electrons. The van der Waals surface area contributed by atoms with E-state index >= 15 is 0 Å². The van der Waals surface area contributed by atoms with Crippen LogP contribution in [0, 0.1) is 6.92 Å². The van der Waals surface area contributed by atoms with Gasteiger partial charge >= 0.3 is 5.97 Å². The van der Waals surface area contributed by atoms with Crippen molar-refractivity contribution in [1.29, 1.82) is 0 Å². The molecule has 1 aromatic rings. The molecule has 0 bridgehead atoms. The van der Waals surface area contributed by atoms with Crippen molar-refractivity contribution in [3.05, 3.63) is 47.5 Å². The second-order valence-corrected chi connectivity index (χ2v) is 9.04. The summed E-state index contributed by atoms with van der Waals surface area (Å²) in [4.78, 5) is 28.8. The zero-order valence-electron chi connectivity index (χ0n) is 14.6. The maximum Gasteiger partial charge on any atom is 0.304 e. The van der Waals surface area contributed by atoms with E-state index in [1.54, 1.807) is 32.2 Å². The van der Waals surface area contributed by atoms with Crippen molar-refractivity contribution in [3.8, 4) is 0 Å². The second kappa shape index (κ2) is 7.79. The lowest BCUT2D eigenvalue weighted by Crippen LogP contribution is -2.51. The zero-order valence-corrected chi connectivity index (χ0v) is 16.3. The fraction of sp³-hybridized carbons (Fsp3) is 0.421. The lowest BCUT2D eigenvalue weighted by molar-refractivity contribution is -0.137. The smallest absolute Gasteiger partial charge is 0.304 e. The van der Waals surface area contributed by atoms with E-state index in [2.05, 4.69) is 17.6 Å². The first kappa shape index (κ1) is 19.8. The molecule has 0 saturated heterocycles. The van der Waals surface area contributed by atoms with Crippen molar-refractivity contribution in [3.63, 3.8) is 0 Å². The number of hydrogen-bond acceptors (Lipinski definition) is 5. The number of nitrogens with zero attached hydrogens (tertiary/aromatic N) is 1. The van der Waals surface area contributed by atoms with Crippen LogP contribution in [-0.4, -0.2) is 38.6 Å². The number of aliphatic carboxylic acids is 1. The molecule has 2 rings (SSSR count). The van der Waals surface area contributed by atoms with Gasteiger partial charge in [-0.25, -0.2) is 0 Å². The normalized spacial score (nSPS) is 20.6. The molecular formula is C19H23NO3S2. The number of aryl methyl sites for hydroxylation is 1. The molecule has 1 aromatic carbocycles. The van der Waals surface area contributed by atoms with Crippen molar-refractivity contribution in [2.24, 2.45) is 4.99 Å². The van der Waals surface area contributed by atoms with Gasteiger partial charge in [-0.2, -0.15) is 12.6 Å². The number of thiol groups is 1. The number of aliphatic imine (C=N–C) groups is 1. The fourth-order valence-electron chi connectivity index (χ4n) is 2.74. The third kappa shape index (κ3) is 4.76. The van der Waals surface area contributed by atoms with Crippen molar-refractivity contribution in [2.45, 2.75) is 48.5 Å². The molecular weight excluding hydrogens is 354 g/mol. The molecule has 0 amide bonds. The third-order valence-corrected chi connectivity index (χ3v) is 5.70. The molecule has 1 aliphatic rings. The van der Waals surface area contributed by atoms with E-state index in [0.717, 1.165) is 5.56 Å². The lowest BCUT2D eigenvalue weighted by Gasteiger charge is -2.35. The summed E-state index contributed by atoms with van der Waals surface area (Å²) in [5, 5.41) is 8.86. The number of benzene rings is 1. The molecule has 1 heterocycles. The van der Waals surface area contributed by atoms with Crippen LogP contribution in [0.4, 0.5) is 0 Å². The van der Waals surface area contributed by atoms with E-state index in [1.807, 2.05) is 31.2 Å². The first-order valence-electron chi connectivity index (χ1n) is 8.04. The molecule has 0 fully saturated rings. The molecule has 0 aliphatic carbocycles. The van der Waals surface area contributed by atoms with Crippen LogP contribution >= 0.6 is 24.4 Å². The van der Waals surface area contributed by atoms with Crippen LogP contribution in [0.3, 0.4) is 0 Å². The SMILES string of the molecule is Cc1ccc(CSC(CC(=O)O)C2(C(=O)C(C)(C)S)C=CC=N2)cc1. The Morgan fingerprint density at radius 3 is 2.44 bits per heavy atom. The van der Waals surface area contributed by atoms with Crippen LogP contribution in [0.1, 0.15) is 31.4 Å². The monoisotopic (exact) mass is 377 g/mol. The van der Waals surface area contributed by atoms with Crippen LogP contribution in [0.2, 0.25) is 0 Å². The van der Waals surface area contributed by atoms with E-state index in [1.165, 1.54) is 17.3 Å². The van der Waals surface area contributed by atoms with Crippen molar-refractivity contribution in [1.82, 2.24) is 0 Å². The van der Waals surface area contributed by atoms with Crippen LogP contribution in [-0.2, 0) is 15.3 Å². The number of carbonyl (C=O) groups excluding carboxylic acids is 1. The molecule has 1 N–H and O–H groups in total. The predicted molar refractivity (Wildman–Crippen MR) is 107 cm³/mol. The molecule has 6 heteroatoms. The Labute approximate surface area is 158 Å². The maximum atomic E-state index is 13.0. The van der Waals surface area contributed by atoms with E-state index in [-0.39, 0.29) is 12.2 Å². The highest BCUT2D eigenvalue weighted by Gasteiger charge is 2.49. The molecule has 25 heavy (non-hydrogen) atoms. The van der Waals surface area contributed by atoms with Gasteiger partial charge in [0.15, 0.2) is 11.3 Å². The summed E-state index contributed by atoms with van der Waals surface area (Å²) in [7, 11) is 0. The summed E-state index contributed by atoms with van der Waals surface area (Å²) in [6.45, 7) is 5.44. The number of carbonyl (C=O) groups is 2. The highest BCUT2D eigenvalue weighted by molar-refractivity contribution is 7.99. The van der Waals surface area contributed by atoms with Gasteiger partial charge < -0.3 is 5.11 Å². The minimum absolute atomic E-state index is 0.145. The quantitative estimate of drug-likeness (QED) is 0.678. The van der Waals surface area contributed by atoms with Gasteiger partial charge in [-0.05, 0) is 38.5 Å². The molecule has 2 atom stereocenters. The number of rotatable bonds is 8. The van der Waals surface area contributed by atoms with Gasteiger partial charge in [-0.3, -0.25) is 14.6 Å². The van der Waals surface area contributed by atoms with E-state index < -0.39 is 21.5 Å². The molecule has 2 unspecified atom stereocenters. The van der Waals surface area contributed by atoms with Gasteiger partial charge in [0.1, 0.15) is 0 Å². The summed E-state index contributed by atoms with van der Waals surface area (Å²) in [6.07, 6.45) is 4.84. The molecule has 0 spiro atoms. The summed E-state index contributed by atoms with van der Waals surface area (Å²) in [5.74, 6) is -0.513. The minimum Gasteiger partial charge on any atom is -0.481 e. The van der Waals surface area contributed by atoms with E-state index in [9.17, 15) is 14.7 Å². The predicted octanol–water partition coefficient (Wildman–Crippen LogP) is 3.73. The third-order valence-electron chi connectivity index (χ3n) is 4.07. The molecule has 0 radical (unpaired) electrons. The number of allylic oxidation sites excluding steroid dienone is 1.